The van der Waals surface area contributed by atoms with Crippen molar-refractivity contribution in [1.82, 2.24) is 20.8 Å². The topological polar surface area (TPSA) is 125 Å². The minimum absolute atomic E-state index is 0.0661. The fourth-order valence-corrected chi connectivity index (χ4v) is 3.48. The molecule has 0 spiro atoms. The molecule has 13 heteroatoms. The van der Waals surface area contributed by atoms with Gasteiger partial charge in [0.2, 0.25) is 5.91 Å². The Morgan fingerprint density at radius 1 is 1.03 bits per heavy atom. The monoisotopic (exact) mass is 581 g/mol. The van der Waals surface area contributed by atoms with Crippen LogP contribution in [0, 0.1) is 0 Å². The molecule has 0 aliphatic carbocycles. The van der Waals surface area contributed by atoms with Crippen molar-refractivity contribution in [3.63, 3.8) is 0 Å². The number of ether oxygens (including phenoxy) is 1. The summed E-state index contributed by atoms with van der Waals surface area (Å²) >= 11 is 3.06. The first-order chi connectivity index (χ1) is 17.6. The highest BCUT2D eigenvalue weighted by Gasteiger charge is 2.33. The molecule has 196 valence electrons. The summed E-state index contributed by atoms with van der Waals surface area (Å²) in [5, 5.41) is 13.8. The Balaban J connectivity index is 1.35. The van der Waals surface area contributed by atoms with Crippen LogP contribution in [0.2, 0.25) is 0 Å². The van der Waals surface area contributed by atoms with Gasteiger partial charge >= 0.3 is 6.18 Å². The van der Waals surface area contributed by atoms with Gasteiger partial charge in [0.05, 0.1) is 36.2 Å². The first kappa shape index (κ1) is 27.9. The van der Waals surface area contributed by atoms with Gasteiger partial charge in [-0.2, -0.15) is 18.3 Å². The molecule has 1 aromatic heterocycles. The summed E-state index contributed by atoms with van der Waals surface area (Å²) in [5.41, 5.74) is 0.0352. The van der Waals surface area contributed by atoms with Crippen LogP contribution in [-0.2, 0) is 22.3 Å². The van der Waals surface area contributed by atoms with Crippen LogP contribution in [0.5, 0.6) is 0 Å². The van der Waals surface area contributed by atoms with Crippen molar-refractivity contribution in [3.8, 4) is 0 Å². The zero-order chi connectivity index (χ0) is 26.8. The minimum Gasteiger partial charge on any atom is -0.379 e. The van der Waals surface area contributed by atoms with Crippen LogP contribution in [0.1, 0.15) is 27.9 Å². The van der Waals surface area contributed by atoms with E-state index in [1.165, 1.54) is 18.3 Å². The van der Waals surface area contributed by atoms with Gasteiger partial charge in [-0.3, -0.25) is 14.4 Å². The van der Waals surface area contributed by atoms with E-state index in [9.17, 15) is 27.6 Å². The molecule has 9 nitrogen and oxygen atoms in total. The Hall–Kier alpha value is -3.71. The highest BCUT2D eigenvalue weighted by molar-refractivity contribution is 9.10. The van der Waals surface area contributed by atoms with Crippen LogP contribution in [0.3, 0.4) is 0 Å². The number of rotatable bonds is 11. The maximum atomic E-state index is 13.3. The second-order valence-electron chi connectivity index (χ2n) is 7.74. The van der Waals surface area contributed by atoms with E-state index in [4.69, 9.17) is 4.74 Å². The van der Waals surface area contributed by atoms with Crippen molar-refractivity contribution in [2.45, 2.75) is 19.1 Å². The first-order valence-corrected chi connectivity index (χ1v) is 11.8. The fourth-order valence-electron chi connectivity index (χ4n) is 3.12. The minimum atomic E-state index is -4.50. The number of carbonyl (C=O) groups excluding carboxylic acids is 2. The number of nitrogens with zero attached hydrogens (tertiary/aromatic N) is 1. The molecule has 0 aliphatic rings. The van der Waals surface area contributed by atoms with Crippen molar-refractivity contribution in [3.05, 3.63) is 86.2 Å². The maximum absolute atomic E-state index is 13.3. The Kier molecular flexibility index (Phi) is 9.80. The van der Waals surface area contributed by atoms with Crippen molar-refractivity contribution in [2.24, 2.45) is 0 Å². The molecular weight excluding hydrogens is 559 g/mol. The van der Waals surface area contributed by atoms with Gasteiger partial charge in [0, 0.05) is 35.7 Å². The Morgan fingerprint density at radius 3 is 2.49 bits per heavy atom. The number of anilines is 2. The maximum Gasteiger partial charge on any atom is 0.418 e. The number of halogens is 4. The largest absolute Gasteiger partial charge is 0.418 e. The average molecular weight is 582 g/mol. The molecule has 3 rings (SSSR count). The van der Waals surface area contributed by atoms with Gasteiger partial charge in [-0.05, 0) is 35.9 Å². The summed E-state index contributed by atoms with van der Waals surface area (Å²) in [7, 11) is 0. The summed E-state index contributed by atoms with van der Waals surface area (Å²) in [6, 6.07) is 11.7. The lowest BCUT2D eigenvalue weighted by atomic mass is 10.1. The number of aromatic amines is 1. The zero-order valence-electron chi connectivity index (χ0n) is 19.3. The van der Waals surface area contributed by atoms with Crippen molar-refractivity contribution in [1.29, 1.82) is 0 Å². The van der Waals surface area contributed by atoms with Gasteiger partial charge in [0.15, 0.2) is 0 Å². The van der Waals surface area contributed by atoms with Crippen molar-refractivity contribution >= 4 is 39.1 Å². The number of carbonyl (C=O) groups is 2. The van der Waals surface area contributed by atoms with Gasteiger partial charge in [0.25, 0.3) is 11.5 Å². The number of hydrogen-bond acceptors (Lipinski definition) is 6. The molecule has 0 fully saturated rings. The highest BCUT2D eigenvalue weighted by Crippen LogP contribution is 2.37. The van der Waals surface area contributed by atoms with Crippen LogP contribution in [0.15, 0.2) is 64.0 Å². The summed E-state index contributed by atoms with van der Waals surface area (Å²) in [5.74, 6) is -0.704. The van der Waals surface area contributed by atoms with E-state index in [0.717, 1.165) is 17.7 Å². The lowest BCUT2D eigenvalue weighted by Crippen LogP contribution is -2.29. The quantitative estimate of drug-likeness (QED) is 0.256. The van der Waals surface area contributed by atoms with E-state index in [2.05, 4.69) is 42.1 Å². The third-order valence-corrected chi connectivity index (χ3v) is 5.44. The molecule has 0 atom stereocenters. The number of aromatic nitrogens is 2. The summed E-state index contributed by atoms with van der Waals surface area (Å²) in [6.07, 6.45) is -3.16. The predicted octanol–water partition coefficient (Wildman–Crippen LogP) is 3.75. The Labute approximate surface area is 217 Å². The predicted molar refractivity (Wildman–Crippen MR) is 133 cm³/mol. The van der Waals surface area contributed by atoms with E-state index >= 15 is 0 Å². The summed E-state index contributed by atoms with van der Waals surface area (Å²) in [4.78, 5) is 35.0. The number of hydrogen-bond donors (Lipinski definition) is 4. The molecule has 0 saturated carbocycles. The van der Waals surface area contributed by atoms with Crippen LogP contribution >= 0.6 is 15.9 Å². The highest BCUT2D eigenvalue weighted by atomic mass is 79.9. The second kappa shape index (κ2) is 13.0. The molecule has 0 bridgehead atoms. The van der Waals surface area contributed by atoms with Crippen LogP contribution in [-0.4, -0.2) is 41.8 Å². The smallest absolute Gasteiger partial charge is 0.379 e. The number of benzene rings is 2. The number of alkyl halides is 3. The van der Waals surface area contributed by atoms with Gasteiger partial charge in [-0.25, -0.2) is 5.10 Å². The van der Waals surface area contributed by atoms with Gasteiger partial charge < -0.3 is 20.7 Å². The molecule has 2 amide bonds. The third-order valence-electron chi connectivity index (χ3n) is 4.94. The van der Waals surface area contributed by atoms with E-state index in [-0.39, 0.29) is 49.9 Å². The molecule has 0 saturated heterocycles. The van der Waals surface area contributed by atoms with E-state index in [1.807, 2.05) is 0 Å². The molecule has 0 radical (unpaired) electrons. The standard InChI is InChI=1S/C24H23BrF3N5O4/c25-17-3-6-20(19(12-17)24(26,27)28)32-18-4-1-15(2-5-18)13-30-21(34)7-9-37-10-8-29-23(36)16-11-22(35)33-31-14-16/h1-6,11-12,14,32H,7-10,13H2,(H,29,36)(H,30,34)(H,33,35). The Morgan fingerprint density at radius 2 is 1.78 bits per heavy atom. The van der Waals surface area contributed by atoms with Gasteiger partial charge in [-0.15, -0.1) is 0 Å². The van der Waals surface area contributed by atoms with E-state index in [0.29, 0.717) is 10.2 Å². The van der Waals surface area contributed by atoms with Crippen LogP contribution in [0.4, 0.5) is 24.5 Å². The number of nitrogens with one attached hydrogen (secondary N) is 4. The van der Waals surface area contributed by atoms with Gasteiger partial charge in [0.1, 0.15) is 0 Å². The van der Waals surface area contributed by atoms with Crippen LogP contribution in [0.25, 0.3) is 0 Å². The van der Waals surface area contributed by atoms with E-state index in [1.54, 1.807) is 24.3 Å². The molecule has 4 N–H and O–H groups in total. The molecule has 0 unspecified atom stereocenters. The normalized spacial score (nSPS) is 11.1. The third kappa shape index (κ3) is 9.03. The first-order valence-electron chi connectivity index (χ1n) is 11.0. The average Bonchev–Trinajstić information content (AvgIpc) is 2.86. The lowest BCUT2D eigenvalue weighted by molar-refractivity contribution is -0.137. The molecule has 37 heavy (non-hydrogen) atoms. The number of H-pyrrole nitrogens is 1. The molecular formula is C24H23BrF3N5O4. The SMILES string of the molecule is O=C(CCOCCNC(=O)c1cn[nH]c(=O)c1)NCc1ccc(Nc2ccc(Br)cc2C(F)(F)F)cc1. The fraction of sp³-hybridized carbons (Fsp3) is 0.250. The molecule has 0 aliphatic heterocycles. The molecule has 2 aromatic carbocycles. The van der Waals surface area contributed by atoms with Crippen LogP contribution < -0.4 is 21.5 Å². The zero-order valence-corrected chi connectivity index (χ0v) is 20.9. The van der Waals surface area contributed by atoms with Gasteiger partial charge in [-0.1, -0.05) is 28.1 Å². The lowest BCUT2D eigenvalue weighted by Gasteiger charge is -2.15. The molecule has 3 aromatic rings. The van der Waals surface area contributed by atoms with Crippen molar-refractivity contribution in [2.75, 3.05) is 25.1 Å². The van der Waals surface area contributed by atoms with E-state index < -0.39 is 23.2 Å². The summed E-state index contributed by atoms with van der Waals surface area (Å²) < 4.78 is 45.5. The Bertz CT molecular complexity index is 1280. The van der Waals surface area contributed by atoms with Crippen molar-refractivity contribution < 1.29 is 27.5 Å². The molecule has 1 heterocycles. The number of amides is 2. The second-order valence-corrected chi connectivity index (χ2v) is 8.65. The summed E-state index contributed by atoms with van der Waals surface area (Å²) in [6.45, 7) is 0.758.